The lowest BCUT2D eigenvalue weighted by atomic mass is 9.96. The van der Waals surface area contributed by atoms with Crippen molar-refractivity contribution in [2.45, 2.75) is 52.1 Å². The first-order valence-electron chi connectivity index (χ1n) is 8.97. The predicted molar refractivity (Wildman–Crippen MR) is 98.6 cm³/mol. The second-order valence-electron chi connectivity index (χ2n) is 7.23. The van der Waals surface area contributed by atoms with E-state index in [1.54, 1.807) is 0 Å². The third kappa shape index (κ3) is 7.84. The van der Waals surface area contributed by atoms with Crippen LogP contribution < -0.4 is 10.1 Å². The van der Waals surface area contributed by atoms with Crippen LogP contribution in [0.15, 0.2) is 28.8 Å². The Hall–Kier alpha value is -3.04. The van der Waals surface area contributed by atoms with E-state index in [2.05, 4.69) is 20.2 Å². The molecule has 0 unspecified atom stereocenters. The Kier molecular flexibility index (Phi) is 7.63. The molecule has 0 fully saturated rings. The molecule has 1 aromatic heterocycles. The van der Waals surface area contributed by atoms with Gasteiger partial charge in [-0.05, 0) is 30.7 Å². The van der Waals surface area contributed by atoms with Crippen LogP contribution in [0.1, 0.15) is 45.3 Å². The molecule has 0 saturated carbocycles. The van der Waals surface area contributed by atoms with Gasteiger partial charge in [0.05, 0.1) is 0 Å². The largest absolute Gasteiger partial charge is 0.456 e. The first-order chi connectivity index (χ1) is 13.6. The minimum Gasteiger partial charge on any atom is -0.456 e. The molecule has 158 valence electrons. The van der Waals surface area contributed by atoms with Gasteiger partial charge in [-0.1, -0.05) is 25.9 Å². The van der Waals surface area contributed by atoms with Gasteiger partial charge in [-0.2, -0.15) is 13.8 Å². The quantitative estimate of drug-likeness (QED) is 0.630. The monoisotopic (exact) mass is 411 g/mol. The maximum Gasteiger partial charge on any atom is 0.387 e. The SMILES string of the molecule is CC(C)(C)c1noc(CCCC(=O)OCC(=O)Nc2ccc(OC(F)F)cc2)n1. The number of amides is 1. The van der Waals surface area contributed by atoms with Gasteiger partial charge in [0.2, 0.25) is 5.89 Å². The highest BCUT2D eigenvalue weighted by atomic mass is 19.3. The second-order valence-corrected chi connectivity index (χ2v) is 7.23. The molecular weight excluding hydrogens is 388 g/mol. The van der Waals surface area contributed by atoms with Crippen molar-refractivity contribution in [3.8, 4) is 5.75 Å². The van der Waals surface area contributed by atoms with Crippen molar-refractivity contribution >= 4 is 17.6 Å². The Bertz CT molecular complexity index is 816. The van der Waals surface area contributed by atoms with Gasteiger partial charge in [0, 0.05) is 23.9 Å². The fourth-order valence-electron chi connectivity index (χ4n) is 2.18. The van der Waals surface area contributed by atoms with Crippen molar-refractivity contribution in [3.63, 3.8) is 0 Å². The number of halogens is 2. The summed E-state index contributed by atoms with van der Waals surface area (Å²) in [4.78, 5) is 27.8. The van der Waals surface area contributed by atoms with Crippen molar-refractivity contribution in [3.05, 3.63) is 36.0 Å². The van der Waals surface area contributed by atoms with E-state index in [0.29, 0.717) is 30.2 Å². The molecule has 1 amide bonds. The van der Waals surface area contributed by atoms with E-state index in [-0.39, 0.29) is 17.6 Å². The van der Waals surface area contributed by atoms with Gasteiger partial charge >= 0.3 is 12.6 Å². The van der Waals surface area contributed by atoms with Crippen molar-refractivity contribution in [2.75, 3.05) is 11.9 Å². The average Bonchev–Trinajstić information content (AvgIpc) is 3.11. The number of alkyl halides is 2. The fourth-order valence-corrected chi connectivity index (χ4v) is 2.18. The summed E-state index contributed by atoms with van der Waals surface area (Å²) in [5.74, 6) is -0.0652. The smallest absolute Gasteiger partial charge is 0.387 e. The number of benzene rings is 1. The van der Waals surface area contributed by atoms with Crippen LogP contribution in [0.2, 0.25) is 0 Å². The summed E-state index contributed by atoms with van der Waals surface area (Å²) in [6, 6.07) is 5.37. The highest BCUT2D eigenvalue weighted by Crippen LogP contribution is 2.19. The van der Waals surface area contributed by atoms with Crippen LogP contribution in [0, 0.1) is 0 Å². The van der Waals surface area contributed by atoms with Gasteiger partial charge in [0.15, 0.2) is 12.4 Å². The van der Waals surface area contributed by atoms with E-state index in [0.717, 1.165) is 0 Å². The third-order valence-electron chi connectivity index (χ3n) is 3.64. The Morgan fingerprint density at radius 3 is 2.48 bits per heavy atom. The van der Waals surface area contributed by atoms with Gasteiger partial charge in [-0.3, -0.25) is 9.59 Å². The highest BCUT2D eigenvalue weighted by molar-refractivity contribution is 5.92. The van der Waals surface area contributed by atoms with E-state index < -0.39 is 25.1 Å². The van der Waals surface area contributed by atoms with E-state index in [4.69, 9.17) is 9.26 Å². The molecule has 10 heteroatoms. The van der Waals surface area contributed by atoms with Crippen LogP contribution in [-0.4, -0.2) is 35.2 Å². The first-order valence-corrected chi connectivity index (χ1v) is 8.97. The summed E-state index contributed by atoms with van der Waals surface area (Å²) in [7, 11) is 0. The topological polar surface area (TPSA) is 104 Å². The number of hydrogen-bond donors (Lipinski definition) is 1. The van der Waals surface area contributed by atoms with Gasteiger partial charge in [0.25, 0.3) is 5.91 Å². The molecule has 29 heavy (non-hydrogen) atoms. The maximum atomic E-state index is 12.1. The lowest BCUT2D eigenvalue weighted by molar-refractivity contribution is -0.147. The number of carbonyl (C=O) groups is 2. The standard InChI is InChI=1S/C19H23F2N3O5/c1-19(2,3)17-23-15(29-24-17)5-4-6-16(26)27-11-14(25)22-12-7-9-13(10-8-12)28-18(20)21/h7-10,18H,4-6,11H2,1-3H3,(H,22,25). The number of ether oxygens (including phenoxy) is 2. The van der Waals surface area contributed by atoms with Gasteiger partial charge in [-0.25, -0.2) is 0 Å². The molecule has 0 atom stereocenters. The molecule has 0 aliphatic carbocycles. The lowest BCUT2D eigenvalue weighted by Crippen LogP contribution is -2.20. The van der Waals surface area contributed by atoms with Crippen LogP contribution in [0.4, 0.5) is 14.5 Å². The number of hydrogen-bond acceptors (Lipinski definition) is 7. The number of esters is 1. The van der Waals surface area contributed by atoms with Gasteiger partial charge < -0.3 is 19.3 Å². The van der Waals surface area contributed by atoms with Gasteiger partial charge in [-0.15, -0.1) is 0 Å². The molecule has 1 aromatic carbocycles. The minimum atomic E-state index is -2.92. The van der Waals surface area contributed by atoms with Crippen LogP contribution in [0.5, 0.6) is 5.75 Å². The Balaban J connectivity index is 1.66. The Labute approximate surface area is 166 Å². The molecule has 2 aromatic rings. The molecule has 0 radical (unpaired) electrons. The molecule has 0 bridgehead atoms. The summed E-state index contributed by atoms with van der Waals surface area (Å²) < 4.78 is 38.4. The average molecular weight is 411 g/mol. The Morgan fingerprint density at radius 1 is 1.21 bits per heavy atom. The van der Waals surface area contributed by atoms with E-state index in [9.17, 15) is 18.4 Å². The molecule has 8 nitrogen and oxygen atoms in total. The molecular formula is C19H23F2N3O5. The number of aryl methyl sites for hydroxylation is 1. The summed E-state index contributed by atoms with van der Waals surface area (Å²) in [5, 5.41) is 6.39. The van der Waals surface area contributed by atoms with Crippen molar-refractivity contribution in [2.24, 2.45) is 0 Å². The summed E-state index contributed by atoms with van der Waals surface area (Å²) in [6.07, 6.45) is 0.968. The van der Waals surface area contributed by atoms with Crippen molar-refractivity contribution in [1.82, 2.24) is 10.1 Å². The van der Waals surface area contributed by atoms with Crippen molar-refractivity contribution < 1.29 is 32.4 Å². The van der Waals surface area contributed by atoms with Crippen LogP contribution in [0.3, 0.4) is 0 Å². The summed E-state index contributed by atoms with van der Waals surface area (Å²) in [6.45, 7) is 2.53. The lowest BCUT2D eigenvalue weighted by Gasteiger charge is -2.10. The highest BCUT2D eigenvalue weighted by Gasteiger charge is 2.20. The Morgan fingerprint density at radius 2 is 1.90 bits per heavy atom. The molecule has 1 heterocycles. The molecule has 1 N–H and O–H groups in total. The van der Waals surface area contributed by atoms with E-state index >= 15 is 0 Å². The van der Waals surface area contributed by atoms with E-state index in [1.807, 2.05) is 20.8 Å². The molecule has 0 aliphatic rings. The zero-order chi connectivity index (χ0) is 21.4. The van der Waals surface area contributed by atoms with Gasteiger partial charge in [0.1, 0.15) is 5.75 Å². The van der Waals surface area contributed by atoms with Crippen molar-refractivity contribution in [1.29, 1.82) is 0 Å². The number of aromatic nitrogens is 2. The number of nitrogens with one attached hydrogen (secondary N) is 1. The van der Waals surface area contributed by atoms with Crippen LogP contribution in [0.25, 0.3) is 0 Å². The van der Waals surface area contributed by atoms with Crippen LogP contribution in [-0.2, 0) is 26.2 Å². The zero-order valence-electron chi connectivity index (χ0n) is 16.4. The summed E-state index contributed by atoms with van der Waals surface area (Å²) >= 11 is 0. The summed E-state index contributed by atoms with van der Waals surface area (Å²) in [5.41, 5.74) is 0.142. The first kappa shape index (κ1) is 22.3. The second kappa shape index (κ2) is 9.94. The maximum absolute atomic E-state index is 12.1. The predicted octanol–water partition coefficient (Wildman–Crippen LogP) is 3.47. The zero-order valence-corrected chi connectivity index (χ0v) is 16.4. The minimum absolute atomic E-state index is 0.0275. The molecule has 0 aliphatic heterocycles. The number of rotatable bonds is 9. The molecule has 0 spiro atoms. The number of carbonyl (C=O) groups excluding carboxylic acids is 2. The number of nitrogens with zero attached hydrogens (tertiary/aromatic N) is 2. The van der Waals surface area contributed by atoms with E-state index in [1.165, 1.54) is 24.3 Å². The number of anilines is 1. The molecule has 0 saturated heterocycles. The fraction of sp³-hybridized carbons (Fsp3) is 0.474. The normalized spacial score (nSPS) is 11.4. The third-order valence-corrected chi connectivity index (χ3v) is 3.64. The van der Waals surface area contributed by atoms with Crippen LogP contribution >= 0.6 is 0 Å². The molecule has 2 rings (SSSR count).